The molecule has 1 fully saturated rings. The Balaban J connectivity index is 1.54. The Morgan fingerprint density at radius 1 is 1.36 bits per heavy atom. The van der Waals surface area contributed by atoms with E-state index in [4.69, 9.17) is 4.98 Å². The number of hydrogen-bond donors (Lipinski definition) is 2. The first-order valence-corrected chi connectivity index (χ1v) is 10.0. The van der Waals surface area contributed by atoms with Crippen LogP contribution in [0.1, 0.15) is 44.2 Å². The number of rotatable bonds is 6. The van der Waals surface area contributed by atoms with Crippen molar-refractivity contribution < 1.29 is 4.79 Å². The number of nitrogens with one attached hydrogen (secondary N) is 2. The molecule has 2 N–H and O–H groups in total. The standard InChI is InChI=1S/C20H27N3OS/c1-14(17-9-6-10-21-12-17)11-19(24)22-15(2)20-23-18(13-25-20)16-7-4-3-5-8-16/h3-5,7-8,13-15,17,21H,6,9-12H2,1-2H3,(H,22,24). The van der Waals surface area contributed by atoms with E-state index in [1.54, 1.807) is 11.3 Å². The molecule has 25 heavy (non-hydrogen) atoms. The van der Waals surface area contributed by atoms with E-state index in [0.29, 0.717) is 18.3 Å². The Morgan fingerprint density at radius 3 is 2.88 bits per heavy atom. The second-order valence-electron chi connectivity index (χ2n) is 7.01. The molecule has 2 aromatic rings. The first kappa shape index (κ1) is 18.1. The molecule has 134 valence electrons. The van der Waals surface area contributed by atoms with Crippen LogP contribution in [0.3, 0.4) is 0 Å². The highest BCUT2D eigenvalue weighted by Crippen LogP contribution is 2.26. The third-order valence-electron chi connectivity index (χ3n) is 4.99. The van der Waals surface area contributed by atoms with Gasteiger partial charge < -0.3 is 10.6 Å². The molecule has 1 aliphatic heterocycles. The van der Waals surface area contributed by atoms with E-state index in [1.165, 1.54) is 12.8 Å². The fourth-order valence-electron chi connectivity index (χ4n) is 3.41. The summed E-state index contributed by atoms with van der Waals surface area (Å²) in [7, 11) is 0. The Morgan fingerprint density at radius 2 is 2.16 bits per heavy atom. The maximum Gasteiger partial charge on any atom is 0.220 e. The lowest BCUT2D eigenvalue weighted by molar-refractivity contribution is -0.123. The molecule has 0 radical (unpaired) electrons. The molecule has 1 aliphatic rings. The molecular formula is C20H27N3OS. The Labute approximate surface area is 154 Å². The molecular weight excluding hydrogens is 330 g/mol. The van der Waals surface area contributed by atoms with E-state index in [-0.39, 0.29) is 11.9 Å². The summed E-state index contributed by atoms with van der Waals surface area (Å²) in [6, 6.07) is 10.1. The lowest BCUT2D eigenvalue weighted by atomic mass is 9.85. The molecule has 0 aliphatic carbocycles. The Kier molecular flexibility index (Phi) is 6.21. The van der Waals surface area contributed by atoms with Gasteiger partial charge >= 0.3 is 0 Å². The van der Waals surface area contributed by atoms with Gasteiger partial charge in [-0.2, -0.15) is 0 Å². The molecule has 2 heterocycles. The van der Waals surface area contributed by atoms with Gasteiger partial charge in [0.2, 0.25) is 5.91 Å². The van der Waals surface area contributed by atoms with Crippen LogP contribution in [0.25, 0.3) is 11.3 Å². The zero-order valence-electron chi connectivity index (χ0n) is 15.0. The van der Waals surface area contributed by atoms with Gasteiger partial charge in [0.15, 0.2) is 0 Å². The minimum Gasteiger partial charge on any atom is -0.347 e. The summed E-state index contributed by atoms with van der Waals surface area (Å²) < 4.78 is 0. The number of carbonyl (C=O) groups excluding carboxylic acids is 1. The number of piperidine rings is 1. The Hall–Kier alpha value is -1.72. The largest absolute Gasteiger partial charge is 0.347 e. The topological polar surface area (TPSA) is 54.0 Å². The van der Waals surface area contributed by atoms with Crippen molar-refractivity contribution in [2.24, 2.45) is 11.8 Å². The lowest BCUT2D eigenvalue weighted by Crippen LogP contribution is -2.36. The van der Waals surface area contributed by atoms with E-state index in [0.717, 1.165) is 29.4 Å². The van der Waals surface area contributed by atoms with E-state index >= 15 is 0 Å². The first-order valence-electron chi connectivity index (χ1n) is 9.14. The van der Waals surface area contributed by atoms with Gasteiger partial charge in [0.1, 0.15) is 5.01 Å². The van der Waals surface area contributed by atoms with Gasteiger partial charge in [-0.15, -0.1) is 11.3 Å². The van der Waals surface area contributed by atoms with Crippen molar-refractivity contribution in [1.82, 2.24) is 15.6 Å². The SMILES string of the molecule is CC(NC(=O)CC(C)C1CCCNC1)c1nc(-c2ccccc2)cs1. The second-order valence-corrected chi connectivity index (χ2v) is 7.90. The molecule has 3 rings (SSSR count). The summed E-state index contributed by atoms with van der Waals surface area (Å²) in [5, 5.41) is 9.57. The summed E-state index contributed by atoms with van der Waals surface area (Å²) in [5.74, 6) is 1.15. The third-order valence-corrected chi connectivity index (χ3v) is 6.01. The number of carbonyl (C=O) groups is 1. The van der Waals surface area contributed by atoms with Crippen LogP contribution in [0.15, 0.2) is 35.7 Å². The molecule has 1 aromatic carbocycles. The molecule has 1 amide bonds. The van der Waals surface area contributed by atoms with Gasteiger partial charge in [-0.1, -0.05) is 37.3 Å². The highest BCUT2D eigenvalue weighted by Gasteiger charge is 2.23. The number of thiazole rings is 1. The van der Waals surface area contributed by atoms with Crippen LogP contribution in [0.5, 0.6) is 0 Å². The first-order chi connectivity index (χ1) is 12.1. The van der Waals surface area contributed by atoms with Gasteiger partial charge in [-0.25, -0.2) is 4.98 Å². The summed E-state index contributed by atoms with van der Waals surface area (Å²) >= 11 is 1.61. The van der Waals surface area contributed by atoms with Crippen molar-refractivity contribution in [1.29, 1.82) is 0 Å². The minimum atomic E-state index is -0.0494. The Bertz CT molecular complexity index is 679. The van der Waals surface area contributed by atoms with Gasteiger partial charge in [0.25, 0.3) is 0 Å². The van der Waals surface area contributed by atoms with Crippen LogP contribution in [-0.2, 0) is 4.79 Å². The highest BCUT2D eigenvalue weighted by molar-refractivity contribution is 7.10. The van der Waals surface area contributed by atoms with Gasteiger partial charge in [-0.3, -0.25) is 4.79 Å². The van der Waals surface area contributed by atoms with Crippen LogP contribution < -0.4 is 10.6 Å². The monoisotopic (exact) mass is 357 g/mol. The summed E-state index contributed by atoms with van der Waals surface area (Å²) in [6.07, 6.45) is 3.03. The maximum atomic E-state index is 12.4. The highest BCUT2D eigenvalue weighted by atomic mass is 32.1. The van der Waals surface area contributed by atoms with Crippen LogP contribution in [0, 0.1) is 11.8 Å². The molecule has 0 saturated carbocycles. The van der Waals surface area contributed by atoms with Crippen LogP contribution in [0.4, 0.5) is 0 Å². The molecule has 4 nitrogen and oxygen atoms in total. The van der Waals surface area contributed by atoms with Crippen molar-refractivity contribution in [2.45, 2.75) is 39.2 Å². The predicted octanol–water partition coefficient (Wildman–Crippen LogP) is 4.01. The normalized spacial score (nSPS) is 20.0. The van der Waals surface area contributed by atoms with Crippen LogP contribution in [-0.4, -0.2) is 24.0 Å². The average molecular weight is 358 g/mol. The summed E-state index contributed by atoms with van der Waals surface area (Å²) in [6.45, 7) is 6.36. The van der Waals surface area contributed by atoms with E-state index < -0.39 is 0 Å². The van der Waals surface area contributed by atoms with E-state index in [2.05, 4.69) is 35.1 Å². The van der Waals surface area contributed by atoms with Crippen molar-refractivity contribution in [3.63, 3.8) is 0 Å². The number of amides is 1. The smallest absolute Gasteiger partial charge is 0.220 e. The van der Waals surface area contributed by atoms with Gasteiger partial charge in [0, 0.05) is 17.4 Å². The molecule has 0 spiro atoms. The van der Waals surface area contributed by atoms with Crippen LogP contribution >= 0.6 is 11.3 Å². The summed E-state index contributed by atoms with van der Waals surface area (Å²) in [5.41, 5.74) is 2.09. The average Bonchev–Trinajstić information content (AvgIpc) is 3.13. The van der Waals surface area contributed by atoms with Crippen molar-refractivity contribution in [2.75, 3.05) is 13.1 Å². The zero-order chi connectivity index (χ0) is 17.6. The summed E-state index contributed by atoms with van der Waals surface area (Å²) in [4.78, 5) is 17.1. The molecule has 3 unspecified atom stereocenters. The number of benzene rings is 1. The van der Waals surface area contributed by atoms with Gasteiger partial charge in [0.05, 0.1) is 11.7 Å². The lowest BCUT2D eigenvalue weighted by Gasteiger charge is -2.28. The number of hydrogen-bond acceptors (Lipinski definition) is 4. The zero-order valence-corrected chi connectivity index (χ0v) is 15.8. The molecule has 5 heteroatoms. The van der Waals surface area contributed by atoms with Crippen LogP contribution in [0.2, 0.25) is 0 Å². The van der Waals surface area contributed by atoms with Crippen molar-refractivity contribution in [3.8, 4) is 11.3 Å². The fourth-order valence-corrected chi connectivity index (χ4v) is 4.25. The molecule has 1 aromatic heterocycles. The second kappa shape index (κ2) is 8.59. The fraction of sp³-hybridized carbons (Fsp3) is 0.500. The van der Waals surface area contributed by atoms with E-state index in [9.17, 15) is 4.79 Å². The molecule has 0 bridgehead atoms. The molecule has 3 atom stereocenters. The minimum absolute atomic E-state index is 0.0494. The van der Waals surface area contributed by atoms with Crippen molar-refractivity contribution >= 4 is 17.2 Å². The van der Waals surface area contributed by atoms with E-state index in [1.807, 2.05) is 25.1 Å². The number of aromatic nitrogens is 1. The van der Waals surface area contributed by atoms with Gasteiger partial charge in [-0.05, 0) is 44.7 Å². The third kappa shape index (κ3) is 4.89. The maximum absolute atomic E-state index is 12.4. The quantitative estimate of drug-likeness (QED) is 0.821. The number of nitrogens with zero attached hydrogens (tertiary/aromatic N) is 1. The predicted molar refractivity (Wildman–Crippen MR) is 103 cm³/mol. The van der Waals surface area contributed by atoms with Crippen molar-refractivity contribution in [3.05, 3.63) is 40.7 Å². The molecule has 1 saturated heterocycles.